The van der Waals surface area contributed by atoms with Crippen LogP contribution in [0.5, 0.6) is 0 Å². The molecule has 1 N–H and O–H groups in total. The number of rotatable bonds is 5. The second kappa shape index (κ2) is 7.82. The van der Waals surface area contributed by atoms with Crippen LogP contribution in [0.25, 0.3) is 10.1 Å². The highest BCUT2D eigenvalue weighted by atomic mass is 32.1. The molecule has 0 saturated carbocycles. The van der Waals surface area contributed by atoms with E-state index >= 15 is 0 Å². The minimum Gasteiger partial charge on any atom is -0.462 e. The molecule has 138 valence electrons. The van der Waals surface area contributed by atoms with Crippen LogP contribution in [0, 0.1) is 11.7 Å². The number of hydrogen-bond acceptors (Lipinski definition) is 6. The van der Waals surface area contributed by atoms with Crippen molar-refractivity contribution >= 4 is 39.3 Å². The van der Waals surface area contributed by atoms with Gasteiger partial charge in [-0.2, -0.15) is 0 Å². The summed E-state index contributed by atoms with van der Waals surface area (Å²) in [7, 11) is 0. The SMILES string of the molecule is CCOC(=O)c1sc2cccc(F)c2c1COC(=O)[C@@H]1CCC(=O)NC1. The predicted octanol–water partition coefficient (Wildman–Crippen LogP) is 2.79. The van der Waals surface area contributed by atoms with Crippen LogP contribution in [0.15, 0.2) is 18.2 Å². The lowest BCUT2D eigenvalue weighted by Crippen LogP contribution is -2.39. The number of ether oxygens (including phenoxy) is 2. The average molecular weight is 379 g/mol. The molecule has 0 bridgehead atoms. The van der Waals surface area contributed by atoms with E-state index in [1.165, 1.54) is 6.07 Å². The second-order valence-electron chi connectivity index (χ2n) is 5.89. The van der Waals surface area contributed by atoms with Gasteiger partial charge in [-0.3, -0.25) is 9.59 Å². The summed E-state index contributed by atoms with van der Waals surface area (Å²) in [4.78, 5) is 35.9. The molecular weight excluding hydrogens is 361 g/mol. The smallest absolute Gasteiger partial charge is 0.348 e. The minimum absolute atomic E-state index is 0.0930. The Kier molecular flexibility index (Phi) is 5.51. The average Bonchev–Trinajstić information content (AvgIpc) is 3.00. The normalized spacial score (nSPS) is 17.0. The van der Waals surface area contributed by atoms with Crippen molar-refractivity contribution < 1.29 is 28.2 Å². The van der Waals surface area contributed by atoms with Gasteiger partial charge < -0.3 is 14.8 Å². The molecule has 3 rings (SSSR count). The fourth-order valence-corrected chi connectivity index (χ4v) is 3.98. The van der Waals surface area contributed by atoms with Crippen molar-refractivity contribution in [3.8, 4) is 0 Å². The van der Waals surface area contributed by atoms with Crippen LogP contribution in [-0.2, 0) is 25.7 Å². The molecule has 2 aromatic rings. The molecule has 1 saturated heterocycles. The molecule has 26 heavy (non-hydrogen) atoms. The van der Waals surface area contributed by atoms with Gasteiger partial charge in [-0.15, -0.1) is 11.3 Å². The number of carbonyl (C=O) groups excluding carboxylic acids is 3. The summed E-state index contributed by atoms with van der Waals surface area (Å²) in [6, 6.07) is 4.56. The molecule has 1 atom stereocenters. The maximum atomic E-state index is 14.3. The van der Waals surface area contributed by atoms with E-state index < -0.39 is 23.7 Å². The summed E-state index contributed by atoms with van der Waals surface area (Å²) in [5.41, 5.74) is 0.315. The highest BCUT2D eigenvalue weighted by Gasteiger charge is 2.27. The molecule has 0 unspecified atom stereocenters. The van der Waals surface area contributed by atoms with Crippen molar-refractivity contribution in [2.24, 2.45) is 5.92 Å². The molecule has 1 amide bonds. The Morgan fingerprint density at radius 1 is 1.35 bits per heavy atom. The van der Waals surface area contributed by atoms with Crippen LogP contribution in [0.1, 0.15) is 35.0 Å². The van der Waals surface area contributed by atoms with Crippen LogP contribution in [0.4, 0.5) is 4.39 Å². The van der Waals surface area contributed by atoms with Crippen LogP contribution in [-0.4, -0.2) is 31.0 Å². The van der Waals surface area contributed by atoms with E-state index in [9.17, 15) is 18.8 Å². The van der Waals surface area contributed by atoms with Gasteiger partial charge in [0.25, 0.3) is 0 Å². The number of amides is 1. The zero-order valence-electron chi connectivity index (χ0n) is 14.2. The van der Waals surface area contributed by atoms with Gasteiger partial charge in [0, 0.05) is 28.6 Å². The number of carbonyl (C=O) groups is 3. The number of piperidine rings is 1. The van der Waals surface area contributed by atoms with Crippen LogP contribution in [0.3, 0.4) is 0 Å². The number of halogens is 1. The Balaban J connectivity index is 1.83. The Hall–Kier alpha value is -2.48. The maximum absolute atomic E-state index is 14.3. The first kappa shape index (κ1) is 18.3. The summed E-state index contributed by atoms with van der Waals surface area (Å²) >= 11 is 1.11. The number of benzene rings is 1. The molecular formula is C18H18FNO5S. The minimum atomic E-state index is -0.566. The molecule has 0 aliphatic carbocycles. The van der Waals surface area contributed by atoms with Gasteiger partial charge in [-0.05, 0) is 25.5 Å². The van der Waals surface area contributed by atoms with E-state index in [1.54, 1.807) is 19.1 Å². The topological polar surface area (TPSA) is 81.7 Å². The molecule has 1 aliphatic heterocycles. The maximum Gasteiger partial charge on any atom is 0.348 e. The standard InChI is InChI=1S/C18H18FNO5S/c1-2-24-18(23)16-11(15-12(19)4-3-5-13(15)26-16)9-25-17(22)10-6-7-14(21)20-8-10/h3-5,10H,2,6-9H2,1H3,(H,20,21)/t10-/m1/s1. The van der Waals surface area contributed by atoms with E-state index in [2.05, 4.69) is 5.32 Å². The molecule has 0 radical (unpaired) electrons. The zero-order valence-corrected chi connectivity index (χ0v) is 15.0. The highest BCUT2D eigenvalue weighted by molar-refractivity contribution is 7.21. The lowest BCUT2D eigenvalue weighted by molar-refractivity contribution is -0.151. The Morgan fingerprint density at radius 3 is 2.85 bits per heavy atom. The van der Waals surface area contributed by atoms with E-state index in [-0.39, 0.29) is 42.3 Å². The fourth-order valence-electron chi connectivity index (χ4n) is 2.86. The quantitative estimate of drug-likeness (QED) is 0.808. The predicted molar refractivity (Wildman–Crippen MR) is 93.3 cm³/mol. The molecule has 8 heteroatoms. The first-order valence-electron chi connectivity index (χ1n) is 8.31. The monoisotopic (exact) mass is 379 g/mol. The van der Waals surface area contributed by atoms with Crippen LogP contribution >= 0.6 is 11.3 Å². The third-order valence-corrected chi connectivity index (χ3v) is 5.36. The Labute approximate surface area is 153 Å². The third-order valence-electron chi connectivity index (χ3n) is 4.18. The lowest BCUT2D eigenvalue weighted by atomic mass is 9.99. The number of nitrogens with one attached hydrogen (secondary N) is 1. The zero-order chi connectivity index (χ0) is 18.7. The van der Waals surface area contributed by atoms with Gasteiger partial charge in [0.15, 0.2) is 0 Å². The first-order valence-corrected chi connectivity index (χ1v) is 9.13. The molecule has 1 aromatic carbocycles. The van der Waals surface area contributed by atoms with Crippen molar-refractivity contribution in [2.45, 2.75) is 26.4 Å². The van der Waals surface area contributed by atoms with E-state index in [0.29, 0.717) is 16.7 Å². The second-order valence-corrected chi connectivity index (χ2v) is 6.94. The van der Waals surface area contributed by atoms with Crippen LogP contribution in [0.2, 0.25) is 0 Å². The van der Waals surface area contributed by atoms with Crippen molar-refractivity contribution in [1.82, 2.24) is 5.32 Å². The van der Waals surface area contributed by atoms with Crippen LogP contribution < -0.4 is 5.32 Å². The summed E-state index contributed by atoms with van der Waals surface area (Å²) in [6.07, 6.45) is 0.679. The number of fused-ring (bicyclic) bond motifs is 1. The summed E-state index contributed by atoms with van der Waals surface area (Å²) in [5.74, 6) is -2.05. The van der Waals surface area contributed by atoms with E-state index in [0.717, 1.165) is 11.3 Å². The van der Waals surface area contributed by atoms with Gasteiger partial charge >= 0.3 is 11.9 Å². The van der Waals surface area contributed by atoms with E-state index in [1.807, 2.05) is 0 Å². The Bertz CT molecular complexity index is 853. The number of esters is 2. The molecule has 2 heterocycles. The van der Waals surface area contributed by atoms with Crippen molar-refractivity contribution in [2.75, 3.05) is 13.2 Å². The summed E-state index contributed by atoms with van der Waals surface area (Å²) in [5, 5.41) is 2.89. The lowest BCUT2D eigenvalue weighted by Gasteiger charge is -2.20. The summed E-state index contributed by atoms with van der Waals surface area (Å²) in [6.45, 7) is 1.87. The van der Waals surface area contributed by atoms with Gasteiger partial charge in [0.05, 0.1) is 12.5 Å². The number of hydrogen-bond donors (Lipinski definition) is 1. The van der Waals surface area contributed by atoms with Gasteiger partial charge in [0.2, 0.25) is 5.91 Å². The van der Waals surface area contributed by atoms with Gasteiger partial charge in [-0.25, -0.2) is 9.18 Å². The molecule has 6 nitrogen and oxygen atoms in total. The van der Waals surface area contributed by atoms with Gasteiger partial charge in [-0.1, -0.05) is 6.07 Å². The van der Waals surface area contributed by atoms with Crippen molar-refractivity contribution in [3.05, 3.63) is 34.5 Å². The van der Waals surface area contributed by atoms with Crippen molar-refractivity contribution in [1.29, 1.82) is 0 Å². The Morgan fingerprint density at radius 2 is 2.15 bits per heavy atom. The molecule has 1 aliphatic rings. The molecule has 1 aromatic heterocycles. The third kappa shape index (κ3) is 3.70. The van der Waals surface area contributed by atoms with E-state index in [4.69, 9.17) is 9.47 Å². The summed E-state index contributed by atoms with van der Waals surface area (Å²) < 4.78 is 25.3. The fraction of sp³-hybridized carbons (Fsp3) is 0.389. The van der Waals surface area contributed by atoms with Crippen molar-refractivity contribution in [3.63, 3.8) is 0 Å². The molecule has 0 spiro atoms. The van der Waals surface area contributed by atoms with Gasteiger partial charge in [0.1, 0.15) is 17.3 Å². The first-order chi connectivity index (χ1) is 12.5. The highest BCUT2D eigenvalue weighted by Crippen LogP contribution is 2.34. The molecule has 1 fully saturated rings. The number of thiophene rings is 1. The largest absolute Gasteiger partial charge is 0.462 e.